The van der Waals surface area contributed by atoms with E-state index in [1.165, 1.54) is 38.6 Å². The Morgan fingerprint density at radius 2 is 1.10 bits per heavy atom. The Morgan fingerprint density at radius 1 is 0.650 bits per heavy atom. The average molecular weight is 284 g/mol. The lowest BCUT2D eigenvalue weighted by Crippen LogP contribution is -2.24. The molecular weight excluding hydrogens is 242 g/mol. The van der Waals surface area contributed by atoms with Crippen molar-refractivity contribution < 1.29 is 0 Å². The van der Waals surface area contributed by atoms with E-state index in [0.29, 0.717) is 0 Å². The molecule has 0 aliphatic heterocycles. The van der Waals surface area contributed by atoms with Gasteiger partial charge in [0.25, 0.3) is 0 Å². The number of nitrogens with zero attached hydrogens (tertiary/aromatic N) is 1. The molecule has 0 aromatic heterocycles. The van der Waals surface area contributed by atoms with Crippen LogP contribution in [-0.4, -0.2) is 25.5 Å². The summed E-state index contributed by atoms with van der Waals surface area (Å²) in [5, 5.41) is 0. The summed E-state index contributed by atoms with van der Waals surface area (Å²) in [7, 11) is 4.37. The largest absolute Gasteiger partial charge is 0.309 e. The molecule has 1 heteroatoms. The second kappa shape index (κ2) is 10.7. The summed E-state index contributed by atoms with van der Waals surface area (Å²) in [6, 6.07) is 0. The van der Waals surface area contributed by atoms with Crippen LogP contribution in [0.3, 0.4) is 0 Å². The van der Waals surface area contributed by atoms with Crippen LogP contribution >= 0.6 is 0 Å². The third-order valence-corrected chi connectivity index (χ3v) is 5.47. The monoisotopic (exact) mass is 283 g/mol. The highest BCUT2D eigenvalue weighted by Crippen LogP contribution is 2.26. The highest BCUT2D eigenvalue weighted by molar-refractivity contribution is 4.68. The van der Waals surface area contributed by atoms with Crippen molar-refractivity contribution in [3.63, 3.8) is 0 Å². The summed E-state index contributed by atoms with van der Waals surface area (Å²) >= 11 is 0. The first kappa shape index (κ1) is 20.0. The van der Waals surface area contributed by atoms with Crippen LogP contribution in [0.15, 0.2) is 0 Å². The van der Waals surface area contributed by atoms with Gasteiger partial charge in [0, 0.05) is 6.54 Å². The van der Waals surface area contributed by atoms with Gasteiger partial charge in [-0.2, -0.15) is 0 Å². The molecule has 122 valence electrons. The van der Waals surface area contributed by atoms with Gasteiger partial charge in [-0.1, -0.05) is 73.6 Å². The van der Waals surface area contributed by atoms with E-state index in [-0.39, 0.29) is 0 Å². The number of rotatable bonds is 11. The molecule has 0 rings (SSSR count). The van der Waals surface area contributed by atoms with Gasteiger partial charge in [0.05, 0.1) is 0 Å². The third-order valence-electron chi connectivity index (χ3n) is 5.47. The Morgan fingerprint density at radius 3 is 1.50 bits per heavy atom. The van der Waals surface area contributed by atoms with Crippen LogP contribution in [0.4, 0.5) is 0 Å². The van der Waals surface area contributed by atoms with Gasteiger partial charge in [0.15, 0.2) is 0 Å². The summed E-state index contributed by atoms with van der Waals surface area (Å²) in [5.41, 5.74) is 0. The molecule has 0 amide bonds. The minimum absolute atomic E-state index is 0.816. The fraction of sp³-hybridized carbons (Fsp3) is 1.00. The summed E-state index contributed by atoms with van der Waals surface area (Å²) < 4.78 is 0. The second-order valence-electron chi connectivity index (χ2n) is 7.84. The van der Waals surface area contributed by atoms with Crippen LogP contribution in [0.1, 0.15) is 73.6 Å². The van der Waals surface area contributed by atoms with Crippen molar-refractivity contribution in [1.82, 2.24) is 4.90 Å². The molecule has 0 bridgehead atoms. The number of hydrogen-bond donors (Lipinski definition) is 0. The van der Waals surface area contributed by atoms with Crippen molar-refractivity contribution in [2.75, 3.05) is 20.6 Å². The van der Waals surface area contributed by atoms with E-state index >= 15 is 0 Å². The fourth-order valence-electron chi connectivity index (χ4n) is 2.97. The molecule has 0 saturated carbocycles. The van der Waals surface area contributed by atoms with E-state index < -0.39 is 0 Å². The Balaban J connectivity index is 3.84. The summed E-state index contributed by atoms with van der Waals surface area (Å²) in [4.78, 5) is 2.32. The first-order valence-electron chi connectivity index (χ1n) is 8.92. The minimum atomic E-state index is 0.816. The summed E-state index contributed by atoms with van der Waals surface area (Å²) in [6.45, 7) is 15.7. The van der Waals surface area contributed by atoms with Crippen molar-refractivity contribution in [3.05, 3.63) is 0 Å². The molecule has 5 atom stereocenters. The van der Waals surface area contributed by atoms with Crippen molar-refractivity contribution in [3.8, 4) is 0 Å². The SMILES string of the molecule is CCC(C)C(C)CCC(C)CCC(C)C(C)CN(C)C. The van der Waals surface area contributed by atoms with E-state index in [1.54, 1.807) is 0 Å². The molecule has 20 heavy (non-hydrogen) atoms. The minimum Gasteiger partial charge on any atom is -0.309 e. The van der Waals surface area contributed by atoms with Crippen LogP contribution in [-0.2, 0) is 0 Å². The Bertz CT molecular complexity index is 224. The molecule has 1 nitrogen and oxygen atoms in total. The van der Waals surface area contributed by atoms with E-state index in [2.05, 4.69) is 60.5 Å². The van der Waals surface area contributed by atoms with Gasteiger partial charge in [-0.05, 0) is 43.7 Å². The second-order valence-corrected chi connectivity index (χ2v) is 7.84. The molecule has 0 radical (unpaired) electrons. The van der Waals surface area contributed by atoms with E-state index in [1.807, 2.05) is 0 Å². The molecule has 0 aromatic rings. The first-order chi connectivity index (χ1) is 9.27. The van der Waals surface area contributed by atoms with Crippen molar-refractivity contribution in [2.24, 2.45) is 29.6 Å². The molecule has 0 heterocycles. The van der Waals surface area contributed by atoms with Crippen LogP contribution < -0.4 is 0 Å². The molecule has 0 aromatic carbocycles. The fourth-order valence-corrected chi connectivity index (χ4v) is 2.97. The number of hydrogen-bond acceptors (Lipinski definition) is 1. The molecule has 5 unspecified atom stereocenters. The Hall–Kier alpha value is -0.0400. The molecule has 0 aliphatic carbocycles. The van der Waals surface area contributed by atoms with Gasteiger partial charge in [-0.25, -0.2) is 0 Å². The zero-order chi connectivity index (χ0) is 15.7. The lowest BCUT2D eigenvalue weighted by molar-refractivity contribution is 0.248. The van der Waals surface area contributed by atoms with Gasteiger partial charge in [0.1, 0.15) is 0 Å². The topological polar surface area (TPSA) is 3.24 Å². The van der Waals surface area contributed by atoms with Crippen LogP contribution in [0.25, 0.3) is 0 Å². The Labute approximate surface area is 129 Å². The van der Waals surface area contributed by atoms with Crippen LogP contribution in [0, 0.1) is 29.6 Å². The lowest BCUT2D eigenvalue weighted by atomic mass is 9.84. The highest BCUT2D eigenvalue weighted by atomic mass is 15.1. The zero-order valence-corrected chi connectivity index (χ0v) is 15.6. The maximum atomic E-state index is 2.45. The molecule has 0 spiro atoms. The predicted octanol–water partition coefficient (Wildman–Crippen LogP) is 5.70. The van der Waals surface area contributed by atoms with E-state index in [0.717, 1.165) is 29.6 Å². The van der Waals surface area contributed by atoms with Crippen LogP contribution in [0.2, 0.25) is 0 Å². The van der Waals surface area contributed by atoms with Gasteiger partial charge in [-0.15, -0.1) is 0 Å². The molecule has 0 N–H and O–H groups in total. The predicted molar refractivity (Wildman–Crippen MR) is 93.1 cm³/mol. The smallest absolute Gasteiger partial charge is 0.000346 e. The summed E-state index contributed by atoms with van der Waals surface area (Å²) in [6.07, 6.45) is 6.97. The van der Waals surface area contributed by atoms with Gasteiger partial charge >= 0.3 is 0 Å². The van der Waals surface area contributed by atoms with E-state index in [4.69, 9.17) is 0 Å². The normalized spacial score (nSPS) is 19.6. The quantitative estimate of drug-likeness (QED) is 0.470. The lowest BCUT2D eigenvalue weighted by Gasteiger charge is -2.25. The summed E-state index contributed by atoms with van der Waals surface area (Å²) in [5.74, 6) is 4.35. The van der Waals surface area contributed by atoms with Crippen molar-refractivity contribution in [2.45, 2.75) is 73.6 Å². The van der Waals surface area contributed by atoms with Crippen molar-refractivity contribution >= 4 is 0 Å². The molecule has 0 saturated heterocycles. The maximum absolute atomic E-state index is 2.45. The Kier molecular flexibility index (Phi) is 10.6. The van der Waals surface area contributed by atoms with Gasteiger partial charge in [-0.3, -0.25) is 0 Å². The van der Waals surface area contributed by atoms with Crippen molar-refractivity contribution in [1.29, 1.82) is 0 Å². The average Bonchev–Trinajstić information content (AvgIpc) is 2.40. The van der Waals surface area contributed by atoms with Crippen LogP contribution in [0.5, 0.6) is 0 Å². The molecule has 0 fully saturated rings. The van der Waals surface area contributed by atoms with Gasteiger partial charge in [0.2, 0.25) is 0 Å². The zero-order valence-electron chi connectivity index (χ0n) is 15.6. The first-order valence-corrected chi connectivity index (χ1v) is 8.92. The maximum Gasteiger partial charge on any atom is 0.000346 e. The molecular formula is C19H41N. The van der Waals surface area contributed by atoms with Gasteiger partial charge < -0.3 is 4.90 Å². The third kappa shape index (κ3) is 9.00. The molecule has 0 aliphatic rings. The standard InChI is InChI=1S/C19H41N/c1-9-16(3)17(4)12-10-15(2)11-13-18(5)19(6)14-20(7)8/h15-19H,9-14H2,1-8H3. The van der Waals surface area contributed by atoms with E-state index in [9.17, 15) is 0 Å². The highest BCUT2D eigenvalue weighted by Gasteiger charge is 2.16.